The minimum absolute atomic E-state index is 0.106. The molecule has 18 atom stereocenters. The van der Waals surface area contributed by atoms with Crippen LogP contribution in [0.5, 0.6) is 0 Å². The molecular formula is C59H92N8O12. The van der Waals surface area contributed by atoms with Gasteiger partial charge in [0.15, 0.2) is 12.6 Å². The molecule has 4 aromatic rings. The first-order chi connectivity index (χ1) is 37.3. The van der Waals surface area contributed by atoms with Gasteiger partial charge in [-0.2, -0.15) is 0 Å². The van der Waals surface area contributed by atoms with Crippen molar-refractivity contribution in [2.24, 2.45) is 17.8 Å². The zero-order valence-electron chi connectivity index (χ0n) is 49.0. The van der Waals surface area contributed by atoms with Crippen LogP contribution in [0.3, 0.4) is 0 Å². The van der Waals surface area contributed by atoms with Gasteiger partial charge < -0.3 is 68.3 Å². The van der Waals surface area contributed by atoms with E-state index in [0.717, 1.165) is 48.4 Å². The minimum Gasteiger partial charge on any atom is -0.459 e. The fourth-order valence-corrected chi connectivity index (χ4v) is 12.2. The van der Waals surface area contributed by atoms with E-state index in [9.17, 15) is 30.3 Å². The van der Waals surface area contributed by atoms with Crippen LogP contribution in [0.15, 0.2) is 67.5 Å². The van der Waals surface area contributed by atoms with Gasteiger partial charge in [0, 0.05) is 93.6 Å². The highest BCUT2D eigenvalue weighted by atomic mass is 16.7. The maximum atomic E-state index is 14.5. The highest BCUT2D eigenvalue weighted by molar-refractivity contribution is 5.73. The number of benzene rings is 1. The molecule has 0 aliphatic carbocycles. The van der Waals surface area contributed by atoms with Crippen LogP contribution in [0.4, 0.5) is 0 Å². The molecule has 440 valence electrons. The Hall–Kier alpha value is -4.29. The maximum Gasteiger partial charge on any atom is 0.311 e. The highest BCUT2D eigenvalue weighted by Crippen LogP contribution is 2.40. The largest absolute Gasteiger partial charge is 0.459 e. The Morgan fingerprint density at radius 1 is 0.911 bits per heavy atom. The monoisotopic (exact) mass is 1100 g/mol. The third-order valence-corrected chi connectivity index (χ3v) is 17.3. The van der Waals surface area contributed by atoms with Crippen molar-refractivity contribution in [3.05, 3.63) is 78.8 Å². The smallest absolute Gasteiger partial charge is 0.311 e. The van der Waals surface area contributed by atoms with Crippen molar-refractivity contribution in [1.82, 2.24) is 39.3 Å². The van der Waals surface area contributed by atoms with Gasteiger partial charge in [-0.1, -0.05) is 38.1 Å². The molecule has 0 spiro atoms. The van der Waals surface area contributed by atoms with Crippen LogP contribution in [-0.2, 0) is 52.6 Å². The Morgan fingerprint density at radius 2 is 1.65 bits per heavy atom. The van der Waals surface area contributed by atoms with Gasteiger partial charge in [-0.05, 0) is 137 Å². The van der Waals surface area contributed by atoms with Crippen LogP contribution in [0.2, 0.25) is 0 Å². The number of hydrogen-bond donors (Lipinski definition) is 5. The standard InChI is InChI=1S/C59H92N8O12/c1-14-48-59(10,73)52(69)40(6)65(12)32-36(2)29-57(8,72)54(38(4)51(39(5)55(71)77-48)78-49-30-58(9,74-13)53(70)41(7)76-49)79-56-50(68)47(28-37(3)75-56)64(11)27-24-44-33-67(63-62-44)26-16-15-18-42-20-22-45(23-21-42)66-34-46(61-35-66)43-19-17-25-60-31-43/h17,19-23,25,31,33-41,47-54,56,68-70,72-73H,14-16,18,24,26-30,32H2,1-13H3/t36-,37-,38+,39-,40-,41+,47+,48-,49+,50-,51+,52-,53+,54-,56+,57-,58-,59-/m1/s1. The summed E-state index contributed by atoms with van der Waals surface area (Å²) in [7, 11) is 5.32. The summed E-state index contributed by atoms with van der Waals surface area (Å²) in [5.41, 5.74) is 0.472. The van der Waals surface area contributed by atoms with E-state index in [2.05, 4.69) is 49.4 Å². The van der Waals surface area contributed by atoms with Gasteiger partial charge in [-0.3, -0.25) is 14.5 Å². The molecule has 5 N–H and O–H groups in total. The lowest BCUT2D eigenvalue weighted by Gasteiger charge is -2.49. The van der Waals surface area contributed by atoms with Crippen molar-refractivity contribution < 1.29 is 58.7 Å². The molecule has 3 aromatic heterocycles. The van der Waals surface area contributed by atoms with Crippen LogP contribution in [-0.4, -0.2) is 195 Å². The van der Waals surface area contributed by atoms with Gasteiger partial charge in [-0.25, -0.2) is 4.98 Å². The number of ether oxygens (including phenoxy) is 6. The fraction of sp³-hybridized carbons (Fsp3) is 0.712. The van der Waals surface area contributed by atoms with Crippen molar-refractivity contribution in [3.8, 4) is 16.9 Å². The molecule has 3 saturated heterocycles. The quantitative estimate of drug-likeness (QED) is 0.0659. The minimum atomic E-state index is -1.83. The molecule has 20 nitrogen and oxygen atoms in total. The van der Waals surface area contributed by atoms with Gasteiger partial charge >= 0.3 is 5.97 Å². The maximum absolute atomic E-state index is 14.5. The lowest BCUT2D eigenvalue weighted by Crippen LogP contribution is -2.61. The summed E-state index contributed by atoms with van der Waals surface area (Å²) in [5.74, 6) is -2.76. The van der Waals surface area contributed by atoms with Crippen LogP contribution >= 0.6 is 0 Å². The Balaban J connectivity index is 1.03. The third-order valence-electron chi connectivity index (χ3n) is 17.3. The normalized spacial score (nSPS) is 36.6. The highest BCUT2D eigenvalue weighted by Gasteiger charge is 2.53. The lowest BCUT2D eigenvalue weighted by atomic mass is 9.77. The summed E-state index contributed by atoms with van der Waals surface area (Å²) < 4.78 is 42.4. The van der Waals surface area contributed by atoms with E-state index < -0.39 is 102 Å². The number of aliphatic hydroxyl groups excluding tert-OH is 3. The number of unbranched alkanes of at least 4 members (excludes halogenated alkanes) is 1. The topological polar surface area (TPSA) is 242 Å². The summed E-state index contributed by atoms with van der Waals surface area (Å²) >= 11 is 0. The fourth-order valence-electron chi connectivity index (χ4n) is 12.2. The second-order valence-corrected chi connectivity index (χ2v) is 23.9. The number of rotatable bonds is 17. The molecule has 0 unspecified atom stereocenters. The number of hydrogen-bond acceptors (Lipinski definition) is 18. The van der Waals surface area contributed by atoms with E-state index in [0.29, 0.717) is 25.9 Å². The second kappa shape index (κ2) is 26.7. The molecule has 0 amide bonds. The number of imidazole rings is 1. The van der Waals surface area contributed by atoms with Crippen molar-refractivity contribution in [3.63, 3.8) is 0 Å². The first-order valence-corrected chi connectivity index (χ1v) is 28.5. The molecule has 0 saturated carbocycles. The number of carbonyl (C=O) groups excluding carboxylic acids is 1. The number of pyridine rings is 1. The average Bonchev–Trinajstić information content (AvgIpc) is 4.18. The molecule has 3 fully saturated rings. The van der Waals surface area contributed by atoms with Crippen LogP contribution in [0.25, 0.3) is 16.9 Å². The number of nitrogens with zero attached hydrogens (tertiary/aromatic N) is 8. The van der Waals surface area contributed by atoms with Crippen LogP contribution < -0.4 is 0 Å². The number of aryl methyl sites for hydroxylation is 2. The number of aromatic nitrogens is 6. The first-order valence-electron chi connectivity index (χ1n) is 28.5. The van der Waals surface area contributed by atoms with Crippen LogP contribution in [0.1, 0.15) is 119 Å². The molecular weight excluding hydrogens is 1010 g/mol. The second-order valence-electron chi connectivity index (χ2n) is 23.9. The molecule has 3 aliphatic rings. The molecule has 7 rings (SSSR count). The number of methoxy groups -OCH3 is 1. The van der Waals surface area contributed by atoms with Crippen molar-refractivity contribution in [2.75, 3.05) is 34.3 Å². The summed E-state index contributed by atoms with van der Waals surface area (Å²) in [4.78, 5) is 27.3. The Morgan fingerprint density at radius 3 is 2.33 bits per heavy atom. The number of aliphatic hydroxyl groups is 5. The zero-order chi connectivity index (χ0) is 57.6. The van der Waals surface area contributed by atoms with E-state index in [1.807, 2.05) is 86.1 Å². The summed E-state index contributed by atoms with van der Waals surface area (Å²) in [5, 5.41) is 68.8. The van der Waals surface area contributed by atoms with Gasteiger partial charge in [0.05, 0.1) is 59.3 Å². The number of esters is 1. The van der Waals surface area contributed by atoms with E-state index >= 15 is 0 Å². The number of carbonyl (C=O) groups is 1. The summed E-state index contributed by atoms with van der Waals surface area (Å²) in [6.07, 6.45) is 3.88. The number of cyclic esters (lactones) is 1. The molecule has 0 radical (unpaired) electrons. The van der Waals surface area contributed by atoms with Crippen molar-refractivity contribution >= 4 is 5.97 Å². The van der Waals surface area contributed by atoms with E-state index in [4.69, 9.17) is 28.4 Å². The molecule has 79 heavy (non-hydrogen) atoms. The molecule has 0 bridgehead atoms. The van der Waals surface area contributed by atoms with Gasteiger partial charge in [0.1, 0.15) is 30.0 Å². The molecule has 20 heteroatoms. The SMILES string of the molecule is CC[C@H]1OC(=O)[C@H](C)[C@@H](O[C@H]2C[C@@](C)(OC)[C@@H](O)[C@H](C)O2)[C@H](C)[C@@H](O[C@@H]2O[C@H](C)C[C@H](N(C)CCc3cn(CCCCc4ccc(-n5cnc(-c6cccnc6)c5)cc4)nn3)[C@H]2O)[C@](C)(O)C[C@@H](C)CN(C)[C@H](C)[C@@H](O)[C@]1(C)O. The van der Waals surface area contributed by atoms with E-state index in [1.54, 1.807) is 47.7 Å². The van der Waals surface area contributed by atoms with Gasteiger partial charge in [0.2, 0.25) is 0 Å². The zero-order valence-corrected chi connectivity index (χ0v) is 49.0. The van der Waals surface area contributed by atoms with E-state index in [1.165, 1.54) is 19.6 Å². The molecule has 1 aromatic carbocycles. The Bertz CT molecular complexity index is 2510. The molecule has 3 aliphatic heterocycles. The van der Waals surface area contributed by atoms with E-state index in [-0.39, 0.29) is 31.3 Å². The number of likely N-dealkylation sites (N-methyl/N-ethyl adjacent to an activating group) is 2. The van der Waals surface area contributed by atoms with Gasteiger partial charge in [0.25, 0.3) is 0 Å². The predicted octanol–water partition coefficient (Wildman–Crippen LogP) is 5.38. The Labute approximate surface area is 467 Å². The third kappa shape index (κ3) is 15.0. The molecule has 6 heterocycles. The van der Waals surface area contributed by atoms with Gasteiger partial charge in [-0.15, -0.1) is 5.10 Å². The van der Waals surface area contributed by atoms with Crippen molar-refractivity contribution in [1.29, 1.82) is 0 Å². The lowest BCUT2D eigenvalue weighted by molar-refractivity contribution is -0.318. The Kier molecular flexibility index (Phi) is 21.1. The first kappa shape index (κ1) is 62.3. The summed E-state index contributed by atoms with van der Waals surface area (Å²) in [6, 6.07) is 11.5. The summed E-state index contributed by atoms with van der Waals surface area (Å²) in [6.45, 7) is 19.4. The average molecular weight is 1110 g/mol. The van der Waals surface area contributed by atoms with Crippen molar-refractivity contribution in [2.45, 2.75) is 217 Å². The van der Waals surface area contributed by atoms with Crippen LogP contribution in [0, 0.1) is 17.8 Å². The predicted molar refractivity (Wildman–Crippen MR) is 297 cm³/mol.